The molecule has 35 heavy (non-hydrogen) atoms. The van der Waals surface area contributed by atoms with E-state index < -0.39 is 30.1 Å². The maximum atomic E-state index is 12.9. The fourth-order valence-corrected chi connectivity index (χ4v) is 5.14. The number of nitrogens with one attached hydrogen (secondary N) is 3. The van der Waals surface area contributed by atoms with Crippen molar-refractivity contribution in [3.63, 3.8) is 0 Å². The minimum atomic E-state index is -0.990. The fourth-order valence-electron chi connectivity index (χ4n) is 4.13. The number of carbonyl (C=O) groups is 3. The molecule has 2 atom stereocenters. The van der Waals surface area contributed by atoms with E-state index in [-0.39, 0.29) is 5.41 Å². The van der Waals surface area contributed by atoms with Crippen LogP contribution in [0.5, 0.6) is 0 Å². The summed E-state index contributed by atoms with van der Waals surface area (Å²) in [7, 11) is 0. The van der Waals surface area contributed by atoms with Crippen molar-refractivity contribution < 1.29 is 19.1 Å². The molecular formula is C24H30N6O4S. The molecule has 2 amide bonds. The number of alkyl carbamates (subject to hydrolysis) is 1. The SMILES string of the molecule is CCCC[C@H](NC(=O)OC1CC(C)(C)CN1c1nc2ccccc2s1)C(=O)C(=O)Nc1ccn[nH]1. The molecule has 1 aliphatic rings. The van der Waals surface area contributed by atoms with E-state index >= 15 is 0 Å². The Hall–Kier alpha value is -3.47. The van der Waals surface area contributed by atoms with Crippen LogP contribution in [0.1, 0.15) is 46.5 Å². The number of aromatic nitrogens is 3. The van der Waals surface area contributed by atoms with Crippen molar-refractivity contribution in [2.75, 3.05) is 16.8 Å². The summed E-state index contributed by atoms with van der Waals surface area (Å²) in [6, 6.07) is 8.42. The normalized spacial score (nSPS) is 17.8. The van der Waals surface area contributed by atoms with E-state index in [9.17, 15) is 14.4 Å². The van der Waals surface area contributed by atoms with Gasteiger partial charge in [0.05, 0.1) is 16.4 Å². The molecule has 1 fully saturated rings. The lowest BCUT2D eigenvalue weighted by Crippen LogP contribution is -2.47. The van der Waals surface area contributed by atoms with Gasteiger partial charge in [0.15, 0.2) is 11.4 Å². The Morgan fingerprint density at radius 2 is 2.09 bits per heavy atom. The molecule has 1 aliphatic heterocycles. The molecule has 3 heterocycles. The quantitative estimate of drug-likeness (QED) is 0.379. The van der Waals surface area contributed by atoms with Gasteiger partial charge in [-0.1, -0.05) is 57.1 Å². The number of carbonyl (C=O) groups excluding carboxylic acids is 3. The number of ketones is 1. The summed E-state index contributed by atoms with van der Waals surface area (Å²) in [6.07, 6.45) is 2.62. The van der Waals surface area contributed by atoms with E-state index in [2.05, 4.69) is 34.7 Å². The lowest BCUT2D eigenvalue weighted by Gasteiger charge is -2.25. The van der Waals surface area contributed by atoms with Crippen molar-refractivity contribution in [2.24, 2.45) is 5.41 Å². The molecule has 10 nitrogen and oxygen atoms in total. The number of benzene rings is 1. The zero-order valence-corrected chi connectivity index (χ0v) is 20.9. The van der Waals surface area contributed by atoms with E-state index in [4.69, 9.17) is 9.72 Å². The van der Waals surface area contributed by atoms with Crippen LogP contribution in [0.3, 0.4) is 0 Å². The Morgan fingerprint density at radius 3 is 2.80 bits per heavy atom. The predicted molar refractivity (Wildman–Crippen MR) is 134 cm³/mol. The van der Waals surface area contributed by atoms with E-state index in [1.165, 1.54) is 12.3 Å². The molecule has 11 heteroatoms. The first kappa shape index (κ1) is 24.6. The minimum Gasteiger partial charge on any atom is -0.425 e. The van der Waals surface area contributed by atoms with Crippen LogP contribution in [0, 0.1) is 5.41 Å². The van der Waals surface area contributed by atoms with Gasteiger partial charge in [0.1, 0.15) is 11.9 Å². The average Bonchev–Trinajstić information content (AvgIpc) is 3.54. The van der Waals surface area contributed by atoms with Crippen molar-refractivity contribution in [1.29, 1.82) is 0 Å². The van der Waals surface area contributed by atoms with Crippen LogP contribution < -0.4 is 15.5 Å². The zero-order valence-electron chi connectivity index (χ0n) is 20.0. The van der Waals surface area contributed by atoms with Crippen molar-refractivity contribution >= 4 is 50.3 Å². The number of amides is 2. The van der Waals surface area contributed by atoms with Gasteiger partial charge in [0, 0.05) is 19.0 Å². The second-order valence-corrected chi connectivity index (χ2v) is 10.5. The van der Waals surface area contributed by atoms with Crippen LogP contribution in [-0.4, -0.2) is 51.8 Å². The highest BCUT2D eigenvalue weighted by Gasteiger charge is 2.41. The summed E-state index contributed by atoms with van der Waals surface area (Å²) < 4.78 is 6.86. The van der Waals surface area contributed by atoms with E-state index in [0.717, 1.165) is 21.8 Å². The Morgan fingerprint density at radius 1 is 1.29 bits per heavy atom. The van der Waals surface area contributed by atoms with Gasteiger partial charge in [-0.25, -0.2) is 9.78 Å². The lowest BCUT2D eigenvalue weighted by atomic mass is 9.93. The van der Waals surface area contributed by atoms with Gasteiger partial charge < -0.3 is 20.3 Å². The average molecular weight is 499 g/mol. The Bertz CT molecular complexity index is 1160. The number of H-pyrrole nitrogens is 1. The maximum Gasteiger partial charge on any atom is 0.409 e. The first-order valence-electron chi connectivity index (χ1n) is 11.7. The Kier molecular flexibility index (Phi) is 7.34. The zero-order chi connectivity index (χ0) is 25.0. The number of hydrogen-bond donors (Lipinski definition) is 3. The number of anilines is 2. The summed E-state index contributed by atoms with van der Waals surface area (Å²) in [6.45, 7) is 6.88. The standard InChI is InChI=1S/C24H30N6O4S/c1-4-5-8-16(20(31)21(32)28-18-11-12-25-29-18)27-23(33)34-19-13-24(2,3)14-30(19)22-26-15-9-6-7-10-17(15)35-22/h6-7,9-12,16,19H,4-5,8,13-14H2,1-3H3,(H,27,33)(H2,25,28,29,32)/t16-,19?/m0/s1. The van der Waals surface area contributed by atoms with Crippen LogP contribution >= 0.6 is 11.3 Å². The third-order valence-electron chi connectivity index (χ3n) is 5.87. The second-order valence-electron chi connectivity index (χ2n) is 9.45. The molecule has 2 aromatic heterocycles. The number of hydrogen-bond acceptors (Lipinski definition) is 8. The second kappa shape index (κ2) is 10.4. The van der Waals surface area contributed by atoms with Gasteiger partial charge in [-0.15, -0.1) is 0 Å². The Balaban J connectivity index is 1.45. The van der Waals surface area contributed by atoms with Crippen LogP contribution in [0.15, 0.2) is 36.5 Å². The summed E-state index contributed by atoms with van der Waals surface area (Å²) in [5.41, 5.74) is 0.804. The lowest BCUT2D eigenvalue weighted by molar-refractivity contribution is -0.136. The molecule has 4 rings (SSSR count). The molecule has 0 aliphatic carbocycles. The third-order valence-corrected chi connectivity index (χ3v) is 6.95. The summed E-state index contributed by atoms with van der Waals surface area (Å²) in [5.74, 6) is -1.26. The summed E-state index contributed by atoms with van der Waals surface area (Å²) in [5, 5.41) is 12.2. The van der Waals surface area contributed by atoms with Crippen molar-refractivity contribution in [3.05, 3.63) is 36.5 Å². The number of fused-ring (bicyclic) bond motifs is 1. The van der Waals surface area contributed by atoms with Crippen molar-refractivity contribution in [3.8, 4) is 0 Å². The summed E-state index contributed by atoms with van der Waals surface area (Å²) in [4.78, 5) is 44.9. The first-order valence-corrected chi connectivity index (χ1v) is 12.5. The van der Waals surface area contributed by atoms with Crippen LogP contribution in [0.2, 0.25) is 0 Å². The van der Waals surface area contributed by atoms with Gasteiger partial charge in [-0.05, 0) is 24.0 Å². The van der Waals surface area contributed by atoms with E-state index in [1.54, 1.807) is 11.3 Å². The topological polar surface area (TPSA) is 129 Å². The number of nitrogens with zero attached hydrogens (tertiary/aromatic N) is 3. The molecular weight excluding hydrogens is 468 g/mol. The van der Waals surface area contributed by atoms with Crippen LogP contribution in [-0.2, 0) is 14.3 Å². The number of ether oxygens (including phenoxy) is 1. The largest absolute Gasteiger partial charge is 0.425 e. The number of Topliss-reactive ketones (excluding diaryl/α,β-unsaturated/α-hetero) is 1. The van der Waals surface area contributed by atoms with Crippen molar-refractivity contribution in [2.45, 2.75) is 58.7 Å². The van der Waals surface area contributed by atoms with Gasteiger partial charge in [-0.3, -0.25) is 14.7 Å². The van der Waals surface area contributed by atoms with Gasteiger partial charge in [-0.2, -0.15) is 5.10 Å². The molecule has 186 valence electrons. The Labute approximate surface area is 207 Å². The van der Waals surface area contributed by atoms with Crippen LogP contribution in [0.4, 0.5) is 15.7 Å². The number of unbranched alkanes of at least 4 members (excludes halogenated alkanes) is 1. The smallest absolute Gasteiger partial charge is 0.409 e. The predicted octanol–water partition coefficient (Wildman–Crippen LogP) is 4.07. The van der Waals surface area contributed by atoms with Crippen LogP contribution in [0.25, 0.3) is 10.2 Å². The summed E-state index contributed by atoms with van der Waals surface area (Å²) >= 11 is 1.55. The molecule has 1 aromatic carbocycles. The maximum absolute atomic E-state index is 12.9. The number of rotatable bonds is 9. The molecule has 0 radical (unpaired) electrons. The van der Waals surface area contributed by atoms with E-state index in [0.29, 0.717) is 31.6 Å². The van der Waals surface area contributed by atoms with Crippen molar-refractivity contribution in [1.82, 2.24) is 20.5 Å². The highest BCUT2D eigenvalue weighted by Crippen LogP contribution is 2.40. The number of aromatic amines is 1. The monoisotopic (exact) mass is 498 g/mol. The molecule has 3 aromatic rings. The van der Waals surface area contributed by atoms with Gasteiger partial charge in [0.2, 0.25) is 5.78 Å². The minimum absolute atomic E-state index is 0.0931. The molecule has 3 N–H and O–H groups in total. The van der Waals surface area contributed by atoms with Gasteiger partial charge >= 0.3 is 6.09 Å². The number of thiazole rings is 1. The fraction of sp³-hybridized carbons (Fsp3) is 0.458. The van der Waals surface area contributed by atoms with E-state index in [1.807, 2.05) is 36.1 Å². The number of para-hydroxylation sites is 1. The highest BCUT2D eigenvalue weighted by atomic mass is 32.1. The molecule has 0 saturated carbocycles. The molecule has 0 spiro atoms. The molecule has 0 bridgehead atoms. The molecule has 1 saturated heterocycles. The first-order chi connectivity index (χ1) is 16.8. The van der Waals surface area contributed by atoms with Gasteiger partial charge in [0.25, 0.3) is 5.91 Å². The highest BCUT2D eigenvalue weighted by molar-refractivity contribution is 7.22. The third kappa shape index (κ3) is 5.97. The molecule has 1 unspecified atom stereocenters.